The van der Waals surface area contributed by atoms with Crippen molar-refractivity contribution in [3.05, 3.63) is 78.9 Å². The first-order valence-corrected chi connectivity index (χ1v) is 11.5. The summed E-state index contributed by atoms with van der Waals surface area (Å²) in [7, 11) is 1.57. The lowest BCUT2D eigenvalue weighted by atomic mass is 10.2. The van der Waals surface area contributed by atoms with Gasteiger partial charge in [-0.15, -0.1) is 0 Å². The molecule has 35 heavy (non-hydrogen) atoms. The van der Waals surface area contributed by atoms with Gasteiger partial charge in [-0.05, 0) is 60.7 Å². The molecule has 3 aromatic carbocycles. The van der Waals surface area contributed by atoms with Crippen molar-refractivity contribution in [3.63, 3.8) is 0 Å². The number of para-hydroxylation sites is 1. The van der Waals surface area contributed by atoms with E-state index < -0.39 is 0 Å². The molecule has 0 bridgehead atoms. The lowest BCUT2D eigenvalue weighted by Gasteiger charge is -2.28. The number of ether oxygens (including phenoxy) is 3. The fourth-order valence-electron chi connectivity index (χ4n) is 3.57. The van der Waals surface area contributed by atoms with Gasteiger partial charge >= 0.3 is 0 Å². The second-order valence-corrected chi connectivity index (χ2v) is 8.12. The molecule has 4 rings (SSSR count). The molecule has 0 aromatic heterocycles. The third-order valence-electron chi connectivity index (χ3n) is 5.50. The Morgan fingerprint density at radius 1 is 0.886 bits per heavy atom. The maximum Gasteiger partial charge on any atom is 0.260 e. The van der Waals surface area contributed by atoms with Crippen molar-refractivity contribution in [2.75, 3.05) is 56.7 Å². The van der Waals surface area contributed by atoms with Gasteiger partial charge in [-0.1, -0.05) is 18.2 Å². The molecule has 0 radical (unpaired) electrons. The van der Waals surface area contributed by atoms with E-state index in [0.29, 0.717) is 17.2 Å². The first-order chi connectivity index (χ1) is 17.1. The number of benzene rings is 3. The molecule has 2 amide bonds. The van der Waals surface area contributed by atoms with E-state index in [1.807, 2.05) is 54.6 Å². The van der Waals surface area contributed by atoms with Gasteiger partial charge in [0.25, 0.3) is 5.91 Å². The normalized spacial score (nSPS) is 13.1. The zero-order valence-electron chi connectivity index (χ0n) is 19.7. The van der Waals surface area contributed by atoms with Crippen molar-refractivity contribution in [1.82, 2.24) is 4.90 Å². The Morgan fingerprint density at radius 2 is 1.51 bits per heavy atom. The SMILES string of the molecule is CN(CC(=O)Nc1ccc(N2CCOCC2)cc1)C(=O)COc1ccc(Oc2ccccc2)cc1. The lowest BCUT2D eigenvalue weighted by molar-refractivity contribution is -0.135. The minimum absolute atomic E-state index is 0.0722. The second-order valence-electron chi connectivity index (χ2n) is 8.12. The van der Waals surface area contributed by atoms with Crippen molar-refractivity contribution in [1.29, 1.82) is 0 Å². The van der Waals surface area contributed by atoms with Crippen LogP contribution < -0.4 is 19.7 Å². The van der Waals surface area contributed by atoms with Gasteiger partial charge in [0.05, 0.1) is 19.8 Å². The third-order valence-corrected chi connectivity index (χ3v) is 5.50. The van der Waals surface area contributed by atoms with Crippen LogP contribution in [0.15, 0.2) is 78.9 Å². The molecular weight excluding hydrogens is 446 g/mol. The summed E-state index contributed by atoms with van der Waals surface area (Å²) in [6, 6.07) is 24.1. The maximum absolute atomic E-state index is 12.4. The van der Waals surface area contributed by atoms with Crippen molar-refractivity contribution >= 4 is 23.2 Å². The van der Waals surface area contributed by atoms with Gasteiger partial charge in [-0.3, -0.25) is 9.59 Å². The smallest absolute Gasteiger partial charge is 0.260 e. The Hall–Kier alpha value is -4.04. The van der Waals surface area contributed by atoms with Gasteiger partial charge in [0, 0.05) is 31.5 Å². The molecule has 1 saturated heterocycles. The summed E-state index contributed by atoms with van der Waals surface area (Å²) < 4.78 is 16.7. The molecule has 0 aliphatic carbocycles. The highest BCUT2D eigenvalue weighted by molar-refractivity contribution is 5.94. The molecule has 0 saturated carbocycles. The summed E-state index contributed by atoms with van der Waals surface area (Å²) in [5.41, 5.74) is 1.78. The van der Waals surface area contributed by atoms with E-state index in [1.54, 1.807) is 31.3 Å². The highest BCUT2D eigenvalue weighted by Gasteiger charge is 2.15. The first kappa shape index (κ1) is 24.1. The van der Waals surface area contributed by atoms with Crippen molar-refractivity contribution < 1.29 is 23.8 Å². The van der Waals surface area contributed by atoms with Crippen LogP contribution >= 0.6 is 0 Å². The maximum atomic E-state index is 12.4. The number of nitrogens with zero attached hydrogens (tertiary/aromatic N) is 2. The number of hydrogen-bond donors (Lipinski definition) is 1. The average molecular weight is 476 g/mol. The molecule has 182 valence electrons. The lowest BCUT2D eigenvalue weighted by Crippen LogP contribution is -2.37. The monoisotopic (exact) mass is 475 g/mol. The number of hydrogen-bond acceptors (Lipinski definition) is 6. The van der Waals surface area contributed by atoms with Gasteiger partial charge in [-0.25, -0.2) is 0 Å². The van der Waals surface area contributed by atoms with E-state index in [0.717, 1.165) is 37.7 Å². The summed E-state index contributed by atoms with van der Waals surface area (Å²) in [6.07, 6.45) is 0. The number of morpholine rings is 1. The van der Waals surface area contributed by atoms with Gasteiger partial charge in [0.1, 0.15) is 17.2 Å². The molecule has 1 fully saturated rings. The van der Waals surface area contributed by atoms with Crippen LogP contribution in [0.4, 0.5) is 11.4 Å². The van der Waals surface area contributed by atoms with E-state index >= 15 is 0 Å². The molecule has 0 spiro atoms. The van der Waals surface area contributed by atoms with Crippen LogP contribution in [0.25, 0.3) is 0 Å². The van der Waals surface area contributed by atoms with Crippen molar-refractivity contribution in [3.8, 4) is 17.2 Å². The van der Waals surface area contributed by atoms with Gasteiger partial charge in [0.15, 0.2) is 6.61 Å². The molecule has 3 aromatic rings. The average Bonchev–Trinajstić information content (AvgIpc) is 2.89. The van der Waals surface area contributed by atoms with Gasteiger partial charge in [-0.2, -0.15) is 0 Å². The van der Waals surface area contributed by atoms with E-state index in [-0.39, 0.29) is 25.0 Å². The fraction of sp³-hybridized carbons (Fsp3) is 0.259. The van der Waals surface area contributed by atoms with Crippen LogP contribution in [0, 0.1) is 0 Å². The predicted octanol–water partition coefficient (Wildman–Crippen LogP) is 3.79. The molecule has 8 heteroatoms. The molecule has 0 unspecified atom stereocenters. The number of carbonyl (C=O) groups is 2. The minimum atomic E-state index is -0.299. The number of amides is 2. The number of carbonyl (C=O) groups excluding carboxylic acids is 2. The van der Waals surface area contributed by atoms with E-state index in [9.17, 15) is 9.59 Å². The number of rotatable bonds is 9. The Kier molecular flexibility index (Phi) is 8.19. The number of anilines is 2. The Balaban J connectivity index is 1.19. The highest BCUT2D eigenvalue weighted by atomic mass is 16.5. The van der Waals surface area contributed by atoms with E-state index in [4.69, 9.17) is 14.2 Å². The van der Waals surface area contributed by atoms with Crippen LogP contribution in [0.5, 0.6) is 17.2 Å². The largest absolute Gasteiger partial charge is 0.484 e. The van der Waals surface area contributed by atoms with E-state index in [1.165, 1.54) is 4.90 Å². The second kappa shape index (κ2) is 11.9. The predicted molar refractivity (Wildman–Crippen MR) is 134 cm³/mol. The van der Waals surface area contributed by atoms with Crippen LogP contribution in [0.2, 0.25) is 0 Å². The topological polar surface area (TPSA) is 80.3 Å². The Bertz CT molecular complexity index is 1100. The molecule has 1 N–H and O–H groups in total. The standard InChI is InChI=1S/C27H29N3O5/c1-29(19-26(31)28-21-7-9-22(10-8-21)30-15-17-33-18-16-30)27(32)20-34-23-11-13-25(14-12-23)35-24-5-3-2-4-6-24/h2-14H,15-20H2,1H3,(H,28,31). The Labute approximate surface area is 205 Å². The molecule has 1 heterocycles. The molecule has 0 atom stereocenters. The quantitative estimate of drug-likeness (QED) is 0.507. The van der Waals surface area contributed by atoms with Gasteiger partial charge in [0.2, 0.25) is 5.91 Å². The molecule has 8 nitrogen and oxygen atoms in total. The zero-order chi connectivity index (χ0) is 24.5. The van der Waals surface area contributed by atoms with Gasteiger partial charge < -0.3 is 29.3 Å². The van der Waals surface area contributed by atoms with Crippen molar-refractivity contribution in [2.45, 2.75) is 0 Å². The van der Waals surface area contributed by atoms with Crippen LogP contribution in [-0.2, 0) is 14.3 Å². The van der Waals surface area contributed by atoms with Crippen LogP contribution in [-0.4, -0.2) is 63.2 Å². The summed E-state index contributed by atoms with van der Waals surface area (Å²) in [4.78, 5) is 28.4. The zero-order valence-corrected chi connectivity index (χ0v) is 19.7. The number of likely N-dealkylation sites (N-methyl/N-ethyl adjacent to an activating group) is 1. The highest BCUT2D eigenvalue weighted by Crippen LogP contribution is 2.23. The summed E-state index contributed by atoms with van der Waals surface area (Å²) in [6.45, 7) is 2.90. The summed E-state index contributed by atoms with van der Waals surface area (Å²) in [5, 5.41) is 2.83. The molecule has 1 aliphatic heterocycles. The number of nitrogens with one attached hydrogen (secondary N) is 1. The van der Waals surface area contributed by atoms with Crippen molar-refractivity contribution in [2.24, 2.45) is 0 Å². The van der Waals surface area contributed by atoms with Crippen LogP contribution in [0.1, 0.15) is 0 Å². The first-order valence-electron chi connectivity index (χ1n) is 11.5. The Morgan fingerprint density at radius 3 is 2.20 bits per heavy atom. The minimum Gasteiger partial charge on any atom is -0.484 e. The fourth-order valence-corrected chi connectivity index (χ4v) is 3.57. The summed E-state index contributed by atoms with van der Waals surface area (Å²) in [5.74, 6) is 1.37. The van der Waals surface area contributed by atoms with E-state index in [2.05, 4.69) is 10.2 Å². The molecular formula is C27H29N3O5. The molecule has 1 aliphatic rings. The van der Waals surface area contributed by atoms with Crippen LogP contribution in [0.3, 0.4) is 0 Å². The third kappa shape index (κ3) is 7.22. The summed E-state index contributed by atoms with van der Waals surface area (Å²) >= 11 is 0.